The van der Waals surface area contributed by atoms with E-state index in [1.165, 1.54) is 21.3 Å². The molecule has 14 heteroatoms. The van der Waals surface area contributed by atoms with Gasteiger partial charge >= 0.3 is 5.97 Å². The van der Waals surface area contributed by atoms with Gasteiger partial charge in [-0.25, -0.2) is 15.6 Å². The molecule has 2 aliphatic heterocycles. The van der Waals surface area contributed by atoms with E-state index >= 15 is 0 Å². The minimum atomic E-state index is -0.786. The minimum absolute atomic E-state index is 0.175. The van der Waals surface area contributed by atoms with E-state index in [-0.39, 0.29) is 24.1 Å². The molecule has 2 aliphatic rings. The first-order chi connectivity index (χ1) is 28.6. The third kappa shape index (κ3) is 11.5. The highest BCUT2D eigenvalue weighted by atomic mass is 16.5. The van der Waals surface area contributed by atoms with Crippen LogP contribution < -0.4 is 44.6 Å². The number of nitrogens with zero attached hydrogens (tertiary/aromatic N) is 1. The second kappa shape index (κ2) is 21.4. The number of aryl methyl sites for hydroxylation is 1. The average molecular weight is 815 g/mol. The lowest BCUT2D eigenvalue weighted by Crippen LogP contribution is -2.50. The molecule has 3 atom stereocenters. The summed E-state index contributed by atoms with van der Waals surface area (Å²) >= 11 is 0. The van der Waals surface area contributed by atoms with Crippen LogP contribution in [0.15, 0.2) is 54.6 Å². The Labute approximate surface area is 347 Å². The Balaban J connectivity index is 1.33. The molecule has 59 heavy (non-hydrogen) atoms. The van der Waals surface area contributed by atoms with Gasteiger partial charge in [-0.2, -0.15) is 0 Å². The summed E-state index contributed by atoms with van der Waals surface area (Å²) in [4.78, 5) is 43.2. The summed E-state index contributed by atoms with van der Waals surface area (Å²) in [7, 11) is 7.76. The Bertz CT molecular complexity index is 1920. The highest BCUT2D eigenvalue weighted by molar-refractivity contribution is 5.89. The van der Waals surface area contributed by atoms with E-state index in [0.717, 1.165) is 24.8 Å². The monoisotopic (exact) mass is 814 g/mol. The summed E-state index contributed by atoms with van der Waals surface area (Å²) in [6, 6.07) is 15.7. The maximum absolute atomic E-state index is 14.4. The molecule has 0 aliphatic carbocycles. The van der Waals surface area contributed by atoms with Gasteiger partial charge in [0.05, 0.1) is 47.1 Å². The molecule has 0 spiro atoms. The van der Waals surface area contributed by atoms with Crippen LogP contribution in [-0.4, -0.2) is 89.6 Å². The van der Waals surface area contributed by atoms with E-state index in [4.69, 9.17) is 39.6 Å². The Morgan fingerprint density at radius 3 is 2.25 bits per heavy atom. The number of rotatable bonds is 22. The first-order valence-corrected chi connectivity index (χ1v) is 20.1. The van der Waals surface area contributed by atoms with Gasteiger partial charge in [-0.3, -0.25) is 9.59 Å². The van der Waals surface area contributed by atoms with Gasteiger partial charge in [0.25, 0.3) is 5.91 Å². The molecule has 2 fully saturated rings. The number of hydrazine groups is 1. The number of benzene rings is 3. The third-order valence-corrected chi connectivity index (χ3v) is 10.9. The van der Waals surface area contributed by atoms with Gasteiger partial charge in [-0.15, -0.1) is 12.3 Å². The fourth-order valence-electron chi connectivity index (χ4n) is 7.51. The molecule has 2 amide bonds. The molecular formula is C45H58N4O10. The lowest BCUT2D eigenvalue weighted by atomic mass is 9.91. The molecule has 3 aromatic carbocycles. The molecule has 318 valence electrons. The van der Waals surface area contributed by atoms with Crippen LogP contribution in [0, 0.1) is 12.3 Å². The van der Waals surface area contributed by atoms with Gasteiger partial charge in [0.2, 0.25) is 11.7 Å². The Hall–Kier alpha value is -5.65. The van der Waals surface area contributed by atoms with Gasteiger partial charge in [0, 0.05) is 19.5 Å². The molecular weight excluding hydrogens is 757 g/mol. The van der Waals surface area contributed by atoms with E-state index in [9.17, 15) is 14.4 Å². The summed E-state index contributed by atoms with van der Waals surface area (Å²) in [6.45, 7) is 2.61. The molecule has 0 aromatic heterocycles. The third-order valence-electron chi connectivity index (χ3n) is 10.9. The largest absolute Gasteiger partial charge is 0.493 e. The molecule has 14 nitrogen and oxygen atoms in total. The molecule has 2 heterocycles. The summed E-state index contributed by atoms with van der Waals surface area (Å²) in [5, 5.41) is 2.90. The zero-order valence-corrected chi connectivity index (χ0v) is 35.0. The summed E-state index contributed by atoms with van der Waals surface area (Å²) in [5.74, 6) is 4.12. The topological polar surface area (TPSA) is 175 Å². The van der Waals surface area contributed by atoms with Crippen molar-refractivity contribution in [1.29, 1.82) is 0 Å². The van der Waals surface area contributed by atoms with E-state index in [1.54, 1.807) is 49.5 Å². The molecule has 0 saturated carbocycles. The highest BCUT2D eigenvalue weighted by Crippen LogP contribution is 2.41. The summed E-state index contributed by atoms with van der Waals surface area (Å²) in [6.07, 6.45) is 10.2. The smallest absolute Gasteiger partial charge is 0.329 e. The number of likely N-dealkylation sites (tertiary alicyclic amines) is 1. The predicted molar refractivity (Wildman–Crippen MR) is 222 cm³/mol. The van der Waals surface area contributed by atoms with Gasteiger partial charge in [-0.1, -0.05) is 25.1 Å². The molecule has 3 N–H and O–H groups in total. The van der Waals surface area contributed by atoms with Crippen molar-refractivity contribution in [3.05, 3.63) is 71.3 Å². The number of methoxy groups -OCH3 is 5. The van der Waals surface area contributed by atoms with E-state index in [2.05, 4.69) is 22.1 Å². The van der Waals surface area contributed by atoms with Crippen molar-refractivity contribution in [3.8, 4) is 46.8 Å². The van der Waals surface area contributed by atoms with E-state index in [0.29, 0.717) is 97.2 Å². The van der Waals surface area contributed by atoms with E-state index in [1.807, 2.05) is 31.2 Å². The zero-order chi connectivity index (χ0) is 42.4. The van der Waals surface area contributed by atoms with Gasteiger partial charge in [0.1, 0.15) is 17.9 Å². The maximum Gasteiger partial charge on any atom is 0.329 e. The van der Waals surface area contributed by atoms with Crippen LogP contribution in [0.25, 0.3) is 0 Å². The minimum Gasteiger partial charge on any atom is -0.493 e. The van der Waals surface area contributed by atoms with Crippen molar-refractivity contribution in [3.63, 3.8) is 0 Å². The Morgan fingerprint density at radius 2 is 1.61 bits per heavy atom. The Morgan fingerprint density at radius 1 is 0.881 bits per heavy atom. The number of nitrogens with one attached hydrogen (secondary N) is 3. The first-order valence-electron chi connectivity index (χ1n) is 20.1. The van der Waals surface area contributed by atoms with Crippen molar-refractivity contribution >= 4 is 17.8 Å². The van der Waals surface area contributed by atoms with Crippen LogP contribution >= 0.6 is 0 Å². The first kappa shape index (κ1) is 44.5. The zero-order valence-electron chi connectivity index (χ0n) is 35.0. The molecule has 3 aromatic rings. The lowest BCUT2D eigenvalue weighted by Gasteiger charge is -2.37. The van der Waals surface area contributed by atoms with Gasteiger partial charge < -0.3 is 43.4 Å². The second-order valence-corrected chi connectivity index (χ2v) is 14.6. The van der Waals surface area contributed by atoms with Crippen LogP contribution in [0.3, 0.4) is 0 Å². The summed E-state index contributed by atoms with van der Waals surface area (Å²) in [5.41, 5.74) is 8.35. The van der Waals surface area contributed by atoms with Crippen LogP contribution in [-0.2, 0) is 25.5 Å². The average Bonchev–Trinajstić information content (AvgIpc) is 4.05. The maximum atomic E-state index is 14.4. The molecule has 0 bridgehead atoms. The lowest BCUT2D eigenvalue weighted by molar-refractivity contribution is -0.162. The number of amides is 2. The van der Waals surface area contributed by atoms with Gasteiger partial charge in [-0.05, 0) is 104 Å². The van der Waals surface area contributed by atoms with E-state index < -0.39 is 24.0 Å². The van der Waals surface area contributed by atoms with Gasteiger partial charge in [0.15, 0.2) is 29.6 Å². The van der Waals surface area contributed by atoms with Crippen molar-refractivity contribution in [2.75, 3.05) is 55.2 Å². The van der Waals surface area contributed by atoms with Crippen LogP contribution in [0.4, 0.5) is 0 Å². The Kier molecular flexibility index (Phi) is 16.1. The summed E-state index contributed by atoms with van der Waals surface area (Å²) < 4.78 is 40.0. The SMILES string of the molecule is C#CCCC1(CCNC(=O)COc2cccc([C@@H](CCc3ccc(OC)c(OC)c3)OC(=O)[C@@H]3CCCCN3C(=O)[C@@H](CC)c3cc(OC)c(OC)c(OC)c3)c2)NN1. The standard InChI is InChI=1S/C45H58N4O10/c1-8-10-21-45(47-48-45)22-23-46-41(50)29-58-33-15-13-14-31(26-33)36(19-17-30-18-20-37(53-3)38(25-30)54-4)59-44(52)35-16-11-12-24-49(35)43(51)34(9-2)32-27-39(55-5)42(57-7)40(28-32)56-6/h1,13-15,18,20,25-28,34-36,47-48H,9-12,16-17,19,21-24,29H2,2-7H3,(H,46,50)/t34-,35-,36+/m0/s1. The fourth-order valence-corrected chi connectivity index (χ4v) is 7.51. The number of carbonyl (C=O) groups is 3. The number of ether oxygens (including phenoxy) is 7. The molecule has 2 saturated heterocycles. The number of piperidine rings is 1. The number of esters is 1. The number of hydrogen-bond donors (Lipinski definition) is 3. The fraction of sp³-hybridized carbons (Fsp3) is 0.489. The number of carbonyl (C=O) groups excluding carboxylic acids is 3. The van der Waals surface area contributed by atoms with Crippen LogP contribution in [0.1, 0.15) is 87.0 Å². The molecule has 0 radical (unpaired) electrons. The molecule has 5 rings (SSSR count). The number of terminal acetylenes is 1. The van der Waals surface area contributed by atoms with Crippen molar-refractivity contribution in [1.82, 2.24) is 21.1 Å². The van der Waals surface area contributed by atoms with Crippen LogP contribution in [0.2, 0.25) is 0 Å². The highest BCUT2D eigenvalue weighted by Gasteiger charge is 2.40. The molecule has 0 unspecified atom stereocenters. The second-order valence-electron chi connectivity index (χ2n) is 14.6. The van der Waals surface area contributed by atoms with Crippen LogP contribution in [0.5, 0.6) is 34.5 Å². The van der Waals surface area contributed by atoms with Crippen molar-refractivity contribution in [2.45, 2.75) is 88.4 Å². The predicted octanol–water partition coefficient (Wildman–Crippen LogP) is 5.62. The number of hydrogen-bond acceptors (Lipinski definition) is 12. The normalized spacial score (nSPS) is 16.4. The quantitative estimate of drug-likeness (QED) is 0.0650. The van der Waals surface area contributed by atoms with Crippen molar-refractivity contribution < 1.29 is 47.5 Å². The van der Waals surface area contributed by atoms with Crippen molar-refractivity contribution in [2.24, 2.45) is 0 Å².